The highest BCUT2D eigenvalue weighted by molar-refractivity contribution is 9.10. The summed E-state index contributed by atoms with van der Waals surface area (Å²) in [5.74, 6) is 0.0546. The summed E-state index contributed by atoms with van der Waals surface area (Å²) >= 11 is 10.9. The number of alkyl halides is 2. The molecule has 1 aromatic carbocycles. The number of benzene rings is 1. The highest BCUT2D eigenvalue weighted by atomic mass is 79.9. The summed E-state index contributed by atoms with van der Waals surface area (Å²) in [6, 6.07) is 5.16. The van der Waals surface area contributed by atoms with Crippen LogP contribution in [0.15, 0.2) is 22.7 Å². The fraction of sp³-hybridized carbons (Fsp3) is 0.286. The molecule has 0 fully saturated rings. The molecular weight excluding hydrogens is 384 g/mol. The summed E-state index contributed by atoms with van der Waals surface area (Å²) in [5, 5.41) is 3.54. The number of hydrogen-bond acceptors (Lipinski definition) is 3. The molecule has 0 saturated carbocycles. The number of nitrogens with one attached hydrogen (secondary N) is 1. The zero-order chi connectivity index (χ0) is 15.6. The maximum absolute atomic E-state index is 12.5. The van der Waals surface area contributed by atoms with E-state index in [-0.39, 0.29) is 5.75 Å². The highest BCUT2D eigenvalue weighted by Crippen LogP contribution is 2.38. The molecule has 0 atom stereocenters. The molecule has 0 aliphatic carbocycles. The number of ether oxygens (including phenoxy) is 1. The summed E-state index contributed by atoms with van der Waals surface area (Å²) in [5.41, 5.74) is 1.55. The third kappa shape index (κ3) is 4.31. The molecule has 0 bridgehead atoms. The molecule has 0 amide bonds. The minimum Gasteiger partial charge on any atom is -0.431 e. The van der Waals surface area contributed by atoms with Crippen molar-refractivity contribution in [1.82, 2.24) is 0 Å². The number of anilines is 1. The van der Waals surface area contributed by atoms with Crippen molar-refractivity contribution in [1.29, 1.82) is 0 Å². The SMILES string of the molecule is Cc1cc(CNc2cc(Cl)cc(Br)c2OC(F)F)c(C)s1. The Bertz CT molecular complexity index is 648. The lowest BCUT2D eigenvalue weighted by molar-refractivity contribution is -0.0498. The second-order valence-corrected chi connectivity index (χ2v) is 7.19. The van der Waals surface area contributed by atoms with Gasteiger partial charge in [-0.1, -0.05) is 11.6 Å². The third-order valence-electron chi connectivity index (χ3n) is 2.83. The zero-order valence-electron chi connectivity index (χ0n) is 11.3. The van der Waals surface area contributed by atoms with Crippen LogP contribution < -0.4 is 10.1 Å². The van der Waals surface area contributed by atoms with Crippen molar-refractivity contribution in [3.05, 3.63) is 43.0 Å². The Balaban J connectivity index is 2.24. The second kappa shape index (κ2) is 6.94. The van der Waals surface area contributed by atoms with Crippen LogP contribution >= 0.6 is 38.9 Å². The molecule has 1 heterocycles. The van der Waals surface area contributed by atoms with Gasteiger partial charge in [-0.05, 0) is 53.5 Å². The van der Waals surface area contributed by atoms with Crippen LogP contribution in [0.4, 0.5) is 14.5 Å². The highest BCUT2D eigenvalue weighted by Gasteiger charge is 2.15. The van der Waals surface area contributed by atoms with Gasteiger partial charge in [-0.15, -0.1) is 11.3 Å². The van der Waals surface area contributed by atoms with Gasteiger partial charge in [-0.2, -0.15) is 8.78 Å². The average Bonchev–Trinajstić information content (AvgIpc) is 2.68. The molecule has 1 N–H and O–H groups in total. The fourth-order valence-electron chi connectivity index (χ4n) is 1.95. The summed E-state index contributed by atoms with van der Waals surface area (Å²) in [4.78, 5) is 2.40. The van der Waals surface area contributed by atoms with Gasteiger partial charge in [0.05, 0.1) is 10.2 Å². The normalized spacial score (nSPS) is 11.0. The molecule has 0 aliphatic heterocycles. The summed E-state index contributed by atoms with van der Waals surface area (Å²) in [6.07, 6.45) is 0. The van der Waals surface area contributed by atoms with Crippen LogP contribution in [0, 0.1) is 13.8 Å². The van der Waals surface area contributed by atoms with Gasteiger partial charge in [0, 0.05) is 21.3 Å². The van der Waals surface area contributed by atoms with Crippen molar-refractivity contribution in [2.24, 2.45) is 0 Å². The van der Waals surface area contributed by atoms with Gasteiger partial charge in [0.2, 0.25) is 0 Å². The van der Waals surface area contributed by atoms with E-state index in [0.717, 1.165) is 5.56 Å². The second-order valence-electron chi connectivity index (χ2n) is 4.43. The Morgan fingerprint density at radius 1 is 1.33 bits per heavy atom. The van der Waals surface area contributed by atoms with E-state index in [9.17, 15) is 8.78 Å². The summed E-state index contributed by atoms with van der Waals surface area (Å²) < 4.78 is 30.0. The smallest absolute Gasteiger partial charge is 0.387 e. The molecule has 0 saturated heterocycles. The predicted molar refractivity (Wildman–Crippen MR) is 86.9 cm³/mol. The molecule has 114 valence electrons. The van der Waals surface area contributed by atoms with Crippen LogP contribution in [0.25, 0.3) is 0 Å². The Labute approximate surface area is 139 Å². The Morgan fingerprint density at radius 2 is 2.05 bits per heavy atom. The Morgan fingerprint density at radius 3 is 2.62 bits per heavy atom. The first-order valence-corrected chi connectivity index (χ1v) is 8.09. The lowest BCUT2D eigenvalue weighted by atomic mass is 10.2. The molecule has 1 aromatic heterocycles. The Hall–Kier alpha value is -0.850. The van der Waals surface area contributed by atoms with E-state index in [1.165, 1.54) is 15.8 Å². The van der Waals surface area contributed by atoms with E-state index >= 15 is 0 Å². The first-order chi connectivity index (χ1) is 9.86. The van der Waals surface area contributed by atoms with Crippen molar-refractivity contribution in [3.8, 4) is 5.75 Å². The molecule has 2 aromatic rings. The first-order valence-electron chi connectivity index (χ1n) is 6.10. The van der Waals surface area contributed by atoms with Crippen LogP contribution in [0.5, 0.6) is 5.75 Å². The van der Waals surface area contributed by atoms with Crippen molar-refractivity contribution >= 4 is 44.6 Å². The van der Waals surface area contributed by atoms with E-state index < -0.39 is 6.61 Å². The van der Waals surface area contributed by atoms with Crippen molar-refractivity contribution < 1.29 is 13.5 Å². The van der Waals surface area contributed by atoms with Gasteiger partial charge >= 0.3 is 6.61 Å². The van der Waals surface area contributed by atoms with Gasteiger partial charge in [0.15, 0.2) is 5.75 Å². The molecule has 0 spiro atoms. The quantitative estimate of drug-likeness (QED) is 0.670. The molecule has 2 nitrogen and oxygen atoms in total. The monoisotopic (exact) mass is 395 g/mol. The van der Waals surface area contributed by atoms with E-state index in [1.807, 2.05) is 13.8 Å². The van der Waals surface area contributed by atoms with E-state index in [4.69, 9.17) is 11.6 Å². The van der Waals surface area contributed by atoms with Crippen molar-refractivity contribution in [2.45, 2.75) is 27.0 Å². The molecule has 7 heteroatoms. The summed E-state index contributed by atoms with van der Waals surface area (Å²) in [7, 11) is 0. The van der Waals surface area contributed by atoms with Crippen LogP contribution in [-0.4, -0.2) is 6.61 Å². The maximum Gasteiger partial charge on any atom is 0.387 e. The predicted octanol–water partition coefficient (Wildman–Crippen LogP) is 5.99. The Kier molecular flexibility index (Phi) is 5.46. The minimum absolute atomic E-state index is 0.0546. The van der Waals surface area contributed by atoms with E-state index in [2.05, 4.69) is 32.0 Å². The van der Waals surface area contributed by atoms with Gasteiger partial charge in [0.25, 0.3) is 0 Å². The van der Waals surface area contributed by atoms with Crippen LogP contribution in [0.2, 0.25) is 5.02 Å². The van der Waals surface area contributed by atoms with Crippen molar-refractivity contribution in [3.63, 3.8) is 0 Å². The largest absolute Gasteiger partial charge is 0.431 e. The molecule has 0 unspecified atom stereocenters. The molecule has 21 heavy (non-hydrogen) atoms. The molecule has 0 aliphatic rings. The van der Waals surface area contributed by atoms with Gasteiger partial charge in [-0.3, -0.25) is 0 Å². The maximum atomic E-state index is 12.5. The van der Waals surface area contributed by atoms with Crippen LogP contribution in [0.3, 0.4) is 0 Å². The van der Waals surface area contributed by atoms with Crippen LogP contribution in [-0.2, 0) is 6.54 Å². The minimum atomic E-state index is -2.90. The van der Waals surface area contributed by atoms with Gasteiger partial charge in [0.1, 0.15) is 0 Å². The lowest BCUT2D eigenvalue weighted by Crippen LogP contribution is -2.07. The number of halogens is 4. The summed E-state index contributed by atoms with van der Waals surface area (Å²) in [6.45, 7) is 1.68. The van der Waals surface area contributed by atoms with E-state index in [1.54, 1.807) is 17.4 Å². The molecule has 2 rings (SSSR count). The zero-order valence-corrected chi connectivity index (χ0v) is 14.5. The molecule has 0 radical (unpaired) electrons. The number of aryl methyl sites for hydroxylation is 2. The average molecular weight is 397 g/mol. The standard InChI is InChI=1S/C14H13BrClF2NOS/c1-7-3-9(8(2)21-7)6-19-12-5-10(16)4-11(15)13(12)20-14(17)18/h3-5,14,19H,6H2,1-2H3. The van der Waals surface area contributed by atoms with Gasteiger partial charge < -0.3 is 10.1 Å². The lowest BCUT2D eigenvalue weighted by Gasteiger charge is -2.15. The topological polar surface area (TPSA) is 21.3 Å². The van der Waals surface area contributed by atoms with Crippen LogP contribution in [0.1, 0.15) is 15.3 Å². The fourth-order valence-corrected chi connectivity index (χ4v) is 3.80. The number of hydrogen-bond donors (Lipinski definition) is 1. The number of thiophene rings is 1. The van der Waals surface area contributed by atoms with Gasteiger partial charge in [-0.25, -0.2) is 0 Å². The third-order valence-corrected chi connectivity index (χ3v) is 4.64. The van der Waals surface area contributed by atoms with Crippen molar-refractivity contribution in [2.75, 3.05) is 5.32 Å². The molecular formula is C14H13BrClF2NOS. The number of rotatable bonds is 5. The van der Waals surface area contributed by atoms with E-state index in [0.29, 0.717) is 21.7 Å². The first kappa shape index (κ1) is 16.5.